The van der Waals surface area contributed by atoms with Crippen molar-refractivity contribution in [2.75, 3.05) is 7.05 Å². The van der Waals surface area contributed by atoms with Crippen LogP contribution in [0.3, 0.4) is 0 Å². The van der Waals surface area contributed by atoms with E-state index in [-0.39, 0.29) is 23.8 Å². The molecule has 0 fully saturated rings. The van der Waals surface area contributed by atoms with Gasteiger partial charge in [-0.05, 0) is 38.3 Å². The number of amides is 1. The van der Waals surface area contributed by atoms with Crippen LogP contribution in [0.2, 0.25) is 0 Å². The minimum atomic E-state index is -1.06. The zero-order chi connectivity index (χ0) is 18.3. The molecule has 0 aromatic carbocycles. The molecule has 0 saturated carbocycles. The maximum atomic E-state index is 12.7. The smallest absolute Gasteiger partial charge is 0.339 e. The summed E-state index contributed by atoms with van der Waals surface area (Å²) in [6, 6.07) is 1.43. The van der Waals surface area contributed by atoms with Gasteiger partial charge in [-0.15, -0.1) is 0 Å². The van der Waals surface area contributed by atoms with Crippen molar-refractivity contribution in [1.82, 2.24) is 9.88 Å². The molecule has 0 atom stereocenters. The van der Waals surface area contributed by atoms with Gasteiger partial charge in [-0.2, -0.15) is 0 Å². The van der Waals surface area contributed by atoms with Crippen molar-refractivity contribution < 1.29 is 23.9 Å². The summed E-state index contributed by atoms with van der Waals surface area (Å²) in [7, 11) is 1.61. The van der Waals surface area contributed by atoms with Gasteiger partial charge in [0.25, 0.3) is 5.91 Å². The van der Waals surface area contributed by atoms with Gasteiger partial charge in [0.15, 0.2) is 5.78 Å². The molecular formula is C18H20N2O5. The van der Waals surface area contributed by atoms with Crippen LogP contribution < -0.4 is 0 Å². The molecular weight excluding hydrogens is 324 g/mol. The lowest BCUT2D eigenvalue weighted by Crippen LogP contribution is -2.27. The van der Waals surface area contributed by atoms with E-state index in [9.17, 15) is 14.4 Å². The lowest BCUT2D eigenvalue weighted by molar-refractivity contribution is 0.0693. The number of Topliss-reactive ketones (excluding diaryl/α,β-unsaturated/α-hetero) is 1. The Morgan fingerprint density at radius 3 is 2.64 bits per heavy atom. The van der Waals surface area contributed by atoms with Crippen LogP contribution in [0.5, 0.6) is 0 Å². The number of aromatic carboxylic acids is 1. The average Bonchev–Trinajstić information content (AvgIpc) is 3.08. The van der Waals surface area contributed by atoms with Crippen molar-refractivity contribution in [1.29, 1.82) is 0 Å². The van der Waals surface area contributed by atoms with Crippen molar-refractivity contribution >= 4 is 17.7 Å². The normalized spacial score (nSPS) is 13.6. The van der Waals surface area contributed by atoms with Crippen LogP contribution in [0.1, 0.15) is 66.8 Å². The van der Waals surface area contributed by atoms with Crippen molar-refractivity contribution in [3.63, 3.8) is 0 Å². The number of fused-ring (bicyclic) bond motifs is 1. The Morgan fingerprint density at radius 1 is 1.32 bits per heavy atom. The Labute approximate surface area is 144 Å². The molecule has 0 spiro atoms. The highest BCUT2D eigenvalue weighted by Gasteiger charge is 2.28. The topological polar surface area (TPSA) is 104 Å². The molecule has 0 saturated heterocycles. The fraction of sp³-hybridized carbons (Fsp3) is 0.389. The van der Waals surface area contributed by atoms with Crippen molar-refractivity contribution in [2.45, 2.75) is 39.7 Å². The van der Waals surface area contributed by atoms with Gasteiger partial charge in [0, 0.05) is 24.7 Å². The summed E-state index contributed by atoms with van der Waals surface area (Å²) >= 11 is 0. The van der Waals surface area contributed by atoms with Gasteiger partial charge in [0.1, 0.15) is 22.8 Å². The van der Waals surface area contributed by atoms with Gasteiger partial charge in [0.05, 0.1) is 6.54 Å². The average molecular weight is 344 g/mol. The quantitative estimate of drug-likeness (QED) is 0.887. The van der Waals surface area contributed by atoms with E-state index in [1.165, 1.54) is 11.0 Å². The second-order valence-electron chi connectivity index (χ2n) is 6.40. The van der Waals surface area contributed by atoms with Crippen LogP contribution in [-0.4, -0.2) is 39.7 Å². The number of ketones is 1. The molecule has 0 unspecified atom stereocenters. The molecule has 3 rings (SSSR count). The Morgan fingerprint density at radius 2 is 2.04 bits per heavy atom. The van der Waals surface area contributed by atoms with Gasteiger partial charge in [-0.25, -0.2) is 4.79 Å². The molecule has 7 nitrogen and oxygen atoms in total. The molecule has 7 heteroatoms. The lowest BCUT2D eigenvalue weighted by Gasteiger charge is -2.15. The number of hydrogen-bond donors (Lipinski definition) is 2. The molecule has 25 heavy (non-hydrogen) atoms. The molecule has 1 aliphatic rings. The zero-order valence-corrected chi connectivity index (χ0v) is 14.4. The van der Waals surface area contributed by atoms with E-state index in [0.717, 1.165) is 18.5 Å². The summed E-state index contributed by atoms with van der Waals surface area (Å²) < 4.78 is 5.42. The van der Waals surface area contributed by atoms with Gasteiger partial charge < -0.3 is 19.4 Å². The molecule has 2 N–H and O–H groups in total. The summed E-state index contributed by atoms with van der Waals surface area (Å²) in [5, 5.41) is 9.08. The summed E-state index contributed by atoms with van der Waals surface area (Å²) in [5.41, 5.74) is 2.65. The molecule has 0 radical (unpaired) electrons. The second kappa shape index (κ2) is 6.23. The van der Waals surface area contributed by atoms with E-state index in [4.69, 9.17) is 9.52 Å². The fourth-order valence-corrected chi connectivity index (χ4v) is 3.32. The highest BCUT2D eigenvalue weighted by Crippen LogP contribution is 2.27. The number of nitrogens with one attached hydrogen (secondary N) is 1. The predicted octanol–water partition coefficient (Wildman–Crippen LogP) is 2.71. The first-order chi connectivity index (χ1) is 11.8. The molecule has 132 valence electrons. The number of H-pyrrole nitrogens is 1. The van der Waals surface area contributed by atoms with Gasteiger partial charge in [0.2, 0.25) is 0 Å². The third-order valence-electron chi connectivity index (χ3n) is 4.59. The Kier molecular flexibility index (Phi) is 4.24. The molecule has 2 aromatic rings. The second-order valence-corrected chi connectivity index (χ2v) is 6.40. The van der Waals surface area contributed by atoms with Gasteiger partial charge in [-0.3, -0.25) is 9.59 Å². The van der Waals surface area contributed by atoms with Crippen molar-refractivity contribution in [3.05, 3.63) is 45.7 Å². The number of hydrogen-bond acceptors (Lipinski definition) is 4. The van der Waals surface area contributed by atoms with Crippen molar-refractivity contribution in [3.8, 4) is 0 Å². The lowest BCUT2D eigenvalue weighted by atomic mass is 9.94. The van der Waals surface area contributed by atoms with E-state index in [0.29, 0.717) is 34.8 Å². The van der Waals surface area contributed by atoms with E-state index < -0.39 is 5.97 Å². The minimum absolute atomic E-state index is 0.0736. The third kappa shape index (κ3) is 2.97. The minimum Gasteiger partial charge on any atom is -0.478 e. The molecule has 1 amide bonds. The maximum absolute atomic E-state index is 12.7. The van der Waals surface area contributed by atoms with Crippen LogP contribution >= 0.6 is 0 Å². The monoisotopic (exact) mass is 344 g/mol. The summed E-state index contributed by atoms with van der Waals surface area (Å²) in [5.74, 6) is -0.542. The largest absolute Gasteiger partial charge is 0.478 e. The number of carboxylic acids is 1. The number of rotatable bonds is 4. The van der Waals surface area contributed by atoms with Gasteiger partial charge in [-0.1, -0.05) is 0 Å². The first-order valence-electron chi connectivity index (χ1n) is 8.12. The summed E-state index contributed by atoms with van der Waals surface area (Å²) in [6.45, 7) is 3.49. The zero-order valence-electron chi connectivity index (χ0n) is 14.4. The van der Waals surface area contributed by atoms with Crippen LogP contribution in [0.25, 0.3) is 0 Å². The van der Waals surface area contributed by atoms with E-state index >= 15 is 0 Å². The van der Waals surface area contributed by atoms with E-state index in [2.05, 4.69) is 4.98 Å². The number of aromatic nitrogens is 1. The highest BCUT2D eigenvalue weighted by atomic mass is 16.4. The summed E-state index contributed by atoms with van der Waals surface area (Å²) in [6.07, 6.45) is 2.07. The number of aromatic amines is 1. The first kappa shape index (κ1) is 17.0. The van der Waals surface area contributed by atoms with Crippen molar-refractivity contribution in [2.24, 2.45) is 0 Å². The number of nitrogens with zero attached hydrogens (tertiary/aromatic N) is 1. The number of aryl methyl sites for hydroxylation is 2. The number of carbonyl (C=O) groups is 3. The Hall–Kier alpha value is -2.83. The standard InChI is InChI=1S/C18H20N2O5/c1-9-15-13(5-4-6-14(15)21)19-16(9)17(22)20(3)8-11-7-12(18(23)24)10(2)25-11/h7,19H,4-6,8H2,1-3H3,(H,23,24). The number of carbonyl (C=O) groups excluding carboxylic acids is 2. The number of furan rings is 1. The molecule has 0 bridgehead atoms. The van der Waals surface area contributed by atoms with E-state index in [1.807, 2.05) is 0 Å². The Bertz CT molecular complexity index is 874. The van der Waals surface area contributed by atoms with Crippen LogP contribution in [0, 0.1) is 13.8 Å². The molecule has 0 aliphatic heterocycles. The Balaban J connectivity index is 1.83. The van der Waals surface area contributed by atoms with Crippen LogP contribution in [0.4, 0.5) is 0 Å². The molecule has 1 aliphatic carbocycles. The highest BCUT2D eigenvalue weighted by molar-refractivity contribution is 6.04. The third-order valence-corrected chi connectivity index (χ3v) is 4.59. The van der Waals surface area contributed by atoms with Crippen LogP contribution in [0.15, 0.2) is 10.5 Å². The molecule has 2 heterocycles. The van der Waals surface area contributed by atoms with Crippen LogP contribution in [-0.2, 0) is 13.0 Å². The van der Waals surface area contributed by atoms with E-state index in [1.54, 1.807) is 20.9 Å². The first-order valence-corrected chi connectivity index (χ1v) is 8.12. The predicted molar refractivity (Wildman–Crippen MR) is 89.0 cm³/mol. The maximum Gasteiger partial charge on any atom is 0.339 e. The molecule has 2 aromatic heterocycles. The SMILES string of the molecule is Cc1oc(CN(C)C(=O)c2[nH]c3c(c2C)C(=O)CCC3)cc1C(=O)O. The fourth-order valence-electron chi connectivity index (χ4n) is 3.32. The van der Waals surface area contributed by atoms with Gasteiger partial charge >= 0.3 is 5.97 Å². The number of carboxylic acid groups (broad SMARTS) is 1. The summed E-state index contributed by atoms with van der Waals surface area (Å²) in [4.78, 5) is 40.5.